The van der Waals surface area contributed by atoms with Crippen molar-refractivity contribution in [3.8, 4) is 0 Å². The molecule has 0 radical (unpaired) electrons. The van der Waals surface area contributed by atoms with Gasteiger partial charge in [0.1, 0.15) is 5.60 Å². The quantitative estimate of drug-likeness (QED) is 0.758. The normalized spacial score (nSPS) is 27.6. The minimum absolute atomic E-state index is 0.0602. The highest BCUT2D eigenvalue weighted by Crippen LogP contribution is 2.19. The van der Waals surface area contributed by atoms with E-state index in [9.17, 15) is 18.3 Å². The van der Waals surface area contributed by atoms with Gasteiger partial charge >= 0.3 is 6.09 Å². The molecule has 0 saturated carbocycles. The summed E-state index contributed by atoms with van der Waals surface area (Å²) in [6, 6.07) is -0.580. The molecule has 0 spiro atoms. The number of alkyl carbamates (subject to hydrolysis) is 1. The van der Waals surface area contributed by atoms with Gasteiger partial charge in [0, 0.05) is 12.5 Å². The van der Waals surface area contributed by atoms with Crippen LogP contribution >= 0.6 is 0 Å². The molecular weight excluding hydrogens is 258 g/mol. The summed E-state index contributed by atoms with van der Waals surface area (Å²) >= 11 is 0. The van der Waals surface area contributed by atoms with Crippen LogP contribution in [0.5, 0.6) is 0 Å². The fourth-order valence-electron chi connectivity index (χ4n) is 1.86. The van der Waals surface area contributed by atoms with E-state index in [1.165, 1.54) is 0 Å². The van der Waals surface area contributed by atoms with Gasteiger partial charge in [0.15, 0.2) is 9.84 Å². The lowest BCUT2D eigenvalue weighted by Crippen LogP contribution is -2.51. The number of rotatable bonds is 2. The number of amides is 1. The summed E-state index contributed by atoms with van der Waals surface area (Å²) in [6.07, 6.45) is -0.290. The van der Waals surface area contributed by atoms with Crippen LogP contribution in [-0.4, -0.2) is 49.4 Å². The third kappa shape index (κ3) is 4.81. The minimum atomic E-state index is -3.15. The molecular formula is C11H21NO5S. The number of nitrogens with one attached hydrogen (secondary N) is 1. The van der Waals surface area contributed by atoms with Crippen LogP contribution in [0.25, 0.3) is 0 Å². The third-order valence-corrected chi connectivity index (χ3v) is 4.46. The fourth-order valence-corrected chi connectivity index (χ4v) is 3.59. The monoisotopic (exact) mass is 279 g/mol. The maximum Gasteiger partial charge on any atom is 0.407 e. The van der Waals surface area contributed by atoms with Gasteiger partial charge in [-0.3, -0.25) is 0 Å². The van der Waals surface area contributed by atoms with E-state index in [0.29, 0.717) is 6.42 Å². The Morgan fingerprint density at radius 2 is 2.06 bits per heavy atom. The van der Waals surface area contributed by atoms with E-state index in [-0.39, 0.29) is 24.0 Å². The molecule has 1 rings (SSSR count). The predicted molar refractivity (Wildman–Crippen MR) is 67.0 cm³/mol. The zero-order chi connectivity index (χ0) is 14.0. The number of aliphatic hydroxyl groups excluding tert-OH is 1. The topological polar surface area (TPSA) is 92.7 Å². The number of ether oxygens (including phenoxy) is 1. The van der Waals surface area contributed by atoms with E-state index in [1.807, 2.05) is 0 Å². The van der Waals surface area contributed by atoms with Crippen molar-refractivity contribution in [3.63, 3.8) is 0 Å². The van der Waals surface area contributed by atoms with Gasteiger partial charge in [-0.25, -0.2) is 13.2 Å². The Balaban J connectivity index is 2.64. The Labute approximate surface area is 108 Å². The summed E-state index contributed by atoms with van der Waals surface area (Å²) in [7, 11) is -3.15. The molecule has 2 N–H and O–H groups in total. The highest BCUT2D eigenvalue weighted by molar-refractivity contribution is 7.91. The molecule has 2 unspecified atom stereocenters. The maximum absolute atomic E-state index is 11.6. The van der Waals surface area contributed by atoms with Crippen LogP contribution in [0.4, 0.5) is 4.79 Å². The zero-order valence-electron chi connectivity index (χ0n) is 11.0. The van der Waals surface area contributed by atoms with Crippen molar-refractivity contribution in [3.05, 3.63) is 0 Å². The SMILES string of the molecule is CC(C)(C)OC(=O)NC1CS(=O)(=O)CCC1CO. The van der Waals surface area contributed by atoms with Crippen molar-refractivity contribution in [1.82, 2.24) is 5.32 Å². The van der Waals surface area contributed by atoms with Crippen LogP contribution in [0.3, 0.4) is 0 Å². The van der Waals surface area contributed by atoms with Crippen molar-refractivity contribution in [2.75, 3.05) is 18.1 Å². The van der Waals surface area contributed by atoms with Gasteiger partial charge in [-0.1, -0.05) is 0 Å². The third-order valence-electron chi connectivity index (χ3n) is 2.74. The zero-order valence-corrected chi connectivity index (χ0v) is 11.8. The molecule has 0 aromatic heterocycles. The number of carbonyl (C=O) groups is 1. The first-order chi connectivity index (χ1) is 8.13. The second-order valence-corrected chi connectivity index (χ2v) is 7.83. The van der Waals surface area contributed by atoms with E-state index in [2.05, 4.69) is 5.32 Å². The summed E-state index contributed by atoms with van der Waals surface area (Å²) in [5.74, 6) is -0.316. The van der Waals surface area contributed by atoms with Crippen LogP contribution in [0.1, 0.15) is 27.2 Å². The van der Waals surface area contributed by atoms with Crippen molar-refractivity contribution in [2.24, 2.45) is 5.92 Å². The van der Waals surface area contributed by atoms with E-state index in [0.717, 1.165) is 0 Å². The van der Waals surface area contributed by atoms with Crippen LogP contribution in [0.2, 0.25) is 0 Å². The molecule has 1 aliphatic heterocycles. The van der Waals surface area contributed by atoms with Gasteiger partial charge in [-0.2, -0.15) is 0 Å². The summed E-state index contributed by atoms with van der Waals surface area (Å²) in [6.45, 7) is 5.05. The number of hydrogen-bond donors (Lipinski definition) is 2. The predicted octanol–water partition coefficient (Wildman–Crippen LogP) is 0.307. The number of carbonyl (C=O) groups excluding carboxylic acids is 1. The minimum Gasteiger partial charge on any atom is -0.444 e. The van der Waals surface area contributed by atoms with Crippen molar-refractivity contribution >= 4 is 15.9 Å². The molecule has 6 nitrogen and oxygen atoms in total. The maximum atomic E-state index is 11.6. The summed E-state index contributed by atoms with van der Waals surface area (Å²) in [5.41, 5.74) is -0.633. The Kier molecular flexibility index (Phi) is 4.61. The Bertz CT molecular complexity index is 398. The second-order valence-electron chi connectivity index (χ2n) is 5.60. The van der Waals surface area contributed by atoms with E-state index in [1.54, 1.807) is 20.8 Å². The van der Waals surface area contributed by atoms with E-state index >= 15 is 0 Å². The Morgan fingerprint density at radius 1 is 1.44 bits per heavy atom. The first-order valence-electron chi connectivity index (χ1n) is 5.94. The van der Waals surface area contributed by atoms with Crippen LogP contribution in [0, 0.1) is 5.92 Å². The van der Waals surface area contributed by atoms with Gasteiger partial charge in [0.2, 0.25) is 0 Å². The lowest BCUT2D eigenvalue weighted by molar-refractivity contribution is 0.0477. The number of sulfone groups is 1. The molecule has 2 atom stereocenters. The molecule has 0 bridgehead atoms. The fraction of sp³-hybridized carbons (Fsp3) is 0.909. The molecule has 0 aliphatic carbocycles. The van der Waals surface area contributed by atoms with Crippen molar-refractivity contribution < 1.29 is 23.1 Å². The largest absolute Gasteiger partial charge is 0.444 e. The molecule has 106 valence electrons. The molecule has 7 heteroatoms. The standard InChI is InChI=1S/C11H21NO5S/c1-11(2,3)17-10(14)12-9-7-18(15,16)5-4-8(9)6-13/h8-9,13H,4-7H2,1-3H3,(H,12,14). The van der Waals surface area contributed by atoms with Gasteiger partial charge in [0.25, 0.3) is 0 Å². The second kappa shape index (κ2) is 5.44. The molecule has 0 aromatic carbocycles. The van der Waals surface area contributed by atoms with Crippen LogP contribution in [-0.2, 0) is 14.6 Å². The first-order valence-corrected chi connectivity index (χ1v) is 7.76. The van der Waals surface area contributed by atoms with Crippen LogP contribution in [0.15, 0.2) is 0 Å². The summed E-state index contributed by atoms with van der Waals surface area (Å²) in [5, 5.41) is 11.7. The first kappa shape index (κ1) is 15.2. The lowest BCUT2D eigenvalue weighted by atomic mass is 9.99. The smallest absolute Gasteiger partial charge is 0.407 e. The molecule has 1 fully saturated rings. The lowest BCUT2D eigenvalue weighted by Gasteiger charge is -2.31. The average Bonchev–Trinajstić information content (AvgIpc) is 2.13. The highest BCUT2D eigenvalue weighted by atomic mass is 32.2. The molecule has 1 saturated heterocycles. The number of hydrogen-bond acceptors (Lipinski definition) is 5. The van der Waals surface area contributed by atoms with Gasteiger partial charge in [-0.05, 0) is 27.2 Å². The molecule has 1 aliphatic rings. The summed E-state index contributed by atoms with van der Waals surface area (Å²) in [4.78, 5) is 11.6. The van der Waals surface area contributed by atoms with Gasteiger partial charge in [0.05, 0.1) is 17.5 Å². The van der Waals surface area contributed by atoms with E-state index in [4.69, 9.17) is 4.74 Å². The molecule has 0 aromatic rings. The van der Waals surface area contributed by atoms with E-state index < -0.39 is 27.6 Å². The number of aliphatic hydroxyl groups is 1. The Morgan fingerprint density at radius 3 is 2.56 bits per heavy atom. The van der Waals surface area contributed by atoms with Crippen molar-refractivity contribution in [1.29, 1.82) is 0 Å². The van der Waals surface area contributed by atoms with Crippen molar-refractivity contribution in [2.45, 2.75) is 38.8 Å². The van der Waals surface area contributed by atoms with Gasteiger partial charge < -0.3 is 15.2 Å². The average molecular weight is 279 g/mol. The highest BCUT2D eigenvalue weighted by Gasteiger charge is 2.34. The molecule has 1 amide bonds. The summed E-state index contributed by atoms with van der Waals surface area (Å²) < 4.78 is 28.1. The van der Waals surface area contributed by atoms with Crippen LogP contribution < -0.4 is 5.32 Å². The molecule has 1 heterocycles. The van der Waals surface area contributed by atoms with Gasteiger partial charge in [-0.15, -0.1) is 0 Å². The Hall–Kier alpha value is -0.820. The molecule has 18 heavy (non-hydrogen) atoms.